The third kappa shape index (κ3) is 2.60. The Morgan fingerprint density at radius 2 is 1.79 bits per heavy atom. The lowest BCUT2D eigenvalue weighted by Gasteiger charge is -2.17. The summed E-state index contributed by atoms with van der Waals surface area (Å²) in [6, 6.07) is 0. The molecule has 3 aromatic heterocycles. The Bertz CT molecular complexity index is 917. The van der Waals surface area contributed by atoms with E-state index in [1.54, 1.807) is 0 Å². The van der Waals surface area contributed by atoms with Crippen molar-refractivity contribution in [3.05, 3.63) is 34.3 Å². The Kier molecular flexibility index (Phi) is 3.63. The average molecular weight is 324 g/mol. The molecule has 0 fully saturated rings. The summed E-state index contributed by atoms with van der Waals surface area (Å²) in [6.07, 6.45) is 4.59. The molecule has 0 aromatic carbocycles. The van der Waals surface area contributed by atoms with E-state index in [0.717, 1.165) is 41.3 Å². The van der Waals surface area contributed by atoms with Crippen LogP contribution in [0.15, 0.2) is 4.52 Å². The van der Waals surface area contributed by atoms with Gasteiger partial charge >= 0.3 is 0 Å². The van der Waals surface area contributed by atoms with Crippen molar-refractivity contribution in [2.75, 3.05) is 5.32 Å². The second kappa shape index (κ2) is 5.81. The molecule has 124 valence electrons. The molecule has 7 heteroatoms. The van der Waals surface area contributed by atoms with Gasteiger partial charge in [-0.05, 0) is 52.0 Å². The molecule has 0 bridgehead atoms. The van der Waals surface area contributed by atoms with Gasteiger partial charge in [0.25, 0.3) is 5.71 Å². The molecule has 0 radical (unpaired) electrons. The first-order valence-electron chi connectivity index (χ1n) is 8.31. The third-order valence-electron chi connectivity index (χ3n) is 4.47. The first-order chi connectivity index (χ1) is 11.6. The van der Waals surface area contributed by atoms with E-state index < -0.39 is 0 Å². The van der Waals surface area contributed by atoms with Crippen LogP contribution in [0.5, 0.6) is 0 Å². The molecule has 1 aliphatic rings. The van der Waals surface area contributed by atoms with Crippen LogP contribution in [0.3, 0.4) is 0 Å². The molecule has 1 aliphatic carbocycles. The fraction of sp³-hybridized carbons (Fsp3) is 0.471. The Hall–Kier alpha value is -2.57. The lowest BCUT2D eigenvalue weighted by Crippen LogP contribution is -2.14. The number of hydrogen-bond donors (Lipinski definition) is 1. The van der Waals surface area contributed by atoms with Crippen molar-refractivity contribution in [2.24, 2.45) is 0 Å². The number of nitrogens with one attached hydrogen (secondary N) is 1. The predicted octanol–water partition coefficient (Wildman–Crippen LogP) is 2.82. The standard InChI is InChI=1S/C17H20N6O/c1-9-12-6-4-5-7-13(12)22-14(19-9)8-18-16-15-10(2)23-24-17(15)21-11(3)20-16/h4-8H2,1-3H3,(H,18,20,21). The van der Waals surface area contributed by atoms with Gasteiger partial charge in [0.05, 0.1) is 12.2 Å². The second-order valence-corrected chi connectivity index (χ2v) is 6.28. The summed E-state index contributed by atoms with van der Waals surface area (Å²) in [5.74, 6) is 2.16. The van der Waals surface area contributed by atoms with E-state index in [1.807, 2.05) is 13.8 Å². The summed E-state index contributed by atoms with van der Waals surface area (Å²) in [5, 5.41) is 8.12. The van der Waals surface area contributed by atoms with Crippen molar-refractivity contribution in [2.45, 2.75) is 53.0 Å². The summed E-state index contributed by atoms with van der Waals surface area (Å²) in [4.78, 5) is 18.2. The zero-order valence-electron chi connectivity index (χ0n) is 14.2. The molecule has 0 spiro atoms. The van der Waals surface area contributed by atoms with Crippen LogP contribution in [0.25, 0.3) is 11.1 Å². The molecule has 7 nitrogen and oxygen atoms in total. The van der Waals surface area contributed by atoms with Crippen LogP contribution >= 0.6 is 0 Å². The maximum Gasteiger partial charge on any atom is 0.263 e. The molecule has 0 aliphatic heterocycles. The Morgan fingerprint density at radius 3 is 2.67 bits per heavy atom. The largest absolute Gasteiger partial charge is 0.362 e. The Labute approximate surface area is 139 Å². The van der Waals surface area contributed by atoms with Gasteiger partial charge in [-0.15, -0.1) is 0 Å². The summed E-state index contributed by atoms with van der Waals surface area (Å²) in [5.41, 5.74) is 4.91. The summed E-state index contributed by atoms with van der Waals surface area (Å²) >= 11 is 0. The van der Waals surface area contributed by atoms with Crippen molar-refractivity contribution in [1.82, 2.24) is 25.1 Å². The molecule has 4 rings (SSSR count). The Morgan fingerprint density at radius 1 is 0.958 bits per heavy atom. The molecule has 0 saturated carbocycles. The van der Waals surface area contributed by atoms with Crippen LogP contribution in [-0.2, 0) is 19.4 Å². The predicted molar refractivity (Wildman–Crippen MR) is 89.8 cm³/mol. The summed E-state index contributed by atoms with van der Waals surface area (Å²) < 4.78 is 5.24. The van der Waals surface area contributed by atoms with Crippen LogP contribution in [-0.4, -0.2) is 25.1 Å². The highest BCUT2D eigenvalue weighted by Gasteiger charge is 2.17. The van der Waals surface area contributed by atoms with Gasteiger partial charge in [-0.3, -0.25) is 0 Å². The van der Waals surface area contributed by atoms with Crippen LogP contribution in [0.1, 0.15) is 47.1 Å². The second-order valence-electron chi connectivity index (χ2n) is 6.28. The number of aromatic nitrogens is 5. The zero-order chi connectivity index (χ0) is 16.7. The number of aryl methyl sites for hydroxylation is 4. The molecule has 0 amide bonds. The van der Waals surface area contributed by atoms with Gasteiger partial charge in [-0.2, -0.15) is 4.98 Å². The van der Waals surface area contributed by atoms with Crippen molar-refractivity contribution >= 4 is 16.9 Å². The van der Waals surface area contributed by atoms with Crippen molar-refractivity contribution in [3.63, 3.8) is 0 Å². The lowest BCUT2D eigenvalue weighted by molar-refractivity contribution is 0.442. The van der Waals surface area contributed by atoms with E-state index in [2.05, 4.69) is 32.3 Å². The zero-order valence-corrected chi connectivity index (χ0v) is 14.2. The van der Waals surface area contributed by atoms with E-state index in [4.69, 9.17) is 9.51 Å². The van der Waals surface area contributed by atoms with Crippen LogP contribution in [0.4, 0.5) is 5.82 Å². The van der Waals surface area contributed by atoms with E-state index in [0.29, 0.717) is 18.1 Å². The first-order valence-corrected chi connectivity index (χ1v) is 8.31. The summed E-state index contributed by atoms with van der Waals surface area (Å²) in [7, 11) is 0. The third-order valence-corrected chi connectivity index (χ3v) is 4.47. The van der Waals surface area contributed by atoms with E-state index in [-0.39, 0.29) is 0 Å². The molecular weight excluding hydrogens is 304 g/mol. The number of hydrogen-bond acceptors (Lipinski definition) is 7. The van der Waals surface area contributed by atoms with Crippen molar-refractivity contribution < 1.29 is 4.52 Å². The van der Waals surface area contributed by atoms with Gasteiger partial charge in [0.2, 0.25) is 0 Å². The number of anilines is 1. The van der Waals surface area contributed by atoms with Crippen LogP contribution in [0.2, 0.25) is 0 Å². The number of fused-ring (bicyclic) bond motifs is 2. The molecule has 24 heavy (non-hydrogen) atoms. The van der Waals surface area contributed by atoms with Crippen molar-refractivity contribution in [1.29, 1.82) is 0 Å². The first kappa shape index (κ1) is 15.0. The van der Waals surface area contributed by atoms with Crippen LogP contribution < -0.4 is 5.32 Å². The molecule has 3 aromatic rings. The van der Waals surface area contributed by atoms with Gasteiger partial charge in [-0.1, -0.05) is 5.16 Å². The summed E-state index contributed by atoms with van der Waals surface area (Å²) in [6.45, 7) is 6.31. The molecule has 0 atom stereocenters. The smallest absolute Gasteiger partial charge is 0.263 e. The SMILES string of the molecule is Cc1nc(NCc2nc(C)c3c(n2)CCCC3)c2c(C)noc2n1. The van der Waals surface area contributed by atoms with Gasteiger partial charge < -0.3 is 9.84 Å². The Balaban J connectivity index is 1.64. The maximum atomic E-state index is 5.24. The highest BCUT2D eigenvalue weighted by Crippen LogP contribution is 2.25. The minimum Gasteiger partial charge on any atom is -0.362 e. The molecule has 0 saturated heterocycles. The molecular formula is C17H20N6O. The molecule has 0 unspecified atom stereocenters. The fourth-order valence-electron chi connectivity index (χ4n) is 3.31. The van der Waals surface area contributed by atoms with Gasteiger partial charge in [-0.25, -0.2) is 15.0 Å². The van der Waals surface area contributed by atoms with Crippen LogP contribution in [0, 0.1) is 20.8 Å². The minimum atomic E-state index is 0.505. The van der Waals surface area contributed by atoms with E-state index >= 15 is 0 Å². The fourth-order valence-corrected chi connectivity index (χ4v) is 3.31. The number of rotatable bonds is 3. The number of nitrogens with zero attached hydrogens (tertiary/aromatic N) is 5. The molecule has 3 heterocycles. The molecule has 1 N–H and O–H groups in total. The van der Waals surface area contributed by atoms with Gasteiger partial charge in [0, 0.05) is 11.4 Å². The van der Waals surface area contributed by atoms with Gasteiger partial charge in [0.15, 0.2) is 0 Å². The minimum absolute atomic E-state index is 0.505. The lowest BCUT2D eigenvalue weighted by atomic mass is 9.95. The van der Waals surface area contributed by atoms with Gasteiger partial charge in [0.1, 0.15) is 22.9 Å². The van der Waals surface area contributed by atoms with Crippen molar-refractivity contribution in [3.8, 4) is 0 Å². The van der Waals surface area contributed by atoms with E-state index in [9.17, 15) is 0 Å². The average Bonchev–Trinajstić information content (AvgIpc) is 2.94. The quantitative estimate of drug-likeness (QED) is 0.792. The normalized spacial score (nSPS) is 14.0. The highest BCUT2D eigenvalue weighted by atomic mass is 16.5. The maximum absolute atomic E-state index is 5.24. The van der Waals surface area contributed by atoms with E-state index in [1.165, 1.54) is 24.1 Å². The topological polar surface area (TPSA) is 89.6 Å². The monoisotopic (exact) mass is 324 g/mol. The highest BCUT2D eigenvalue weighted by molar-refractivity contribution is 5.87.